The molecule has 0 aromatic carbocycles. The van der Waals surface area contributed by atoms with Gasteiger partial charge in [0.1, 0.15) is 0 Å². The van der Waals surface area contributed by atoms with Crippen LogP contribution in [0.1, 0.15) is 27.9 Å². The van der Waals surface area contributed by atoms with Gasteiger partial charge in [0.25, 0.3) is 5.91 Å². The van der Waals surface area contributed by atoms with Crippen molar-refractivity contribution in [3.63, 3.8) is 0 Å². The lowest BCUT2D eigenvalue weighted by molar-refractivity contribution is -0.128. The molecule has 2 amide bonds. The van der Waals surface area contributed by atoms with Gasteiger partial charge in [0.05, 0.1) is 4.88 Å². The summed E-state index contributed by atoms with van der Waals surface area (Å²) in [7, 11) is 0. The second kappa shape index (κ2) is 6.83. The van der Waals surface area contributed by atoms with E-state index in [1.807, 2.05) is 11.0 Å². The van der Waals surface area contributed by atoms with E-state index < -0.39 is 0 Å². The van der Waals surface area contributed by atoms with E-state index in [2.05, 4.69) is 10.3 Å². The first-order valence-corrected chi connectivity index (χ1v) is 7.49. The summed E-state index contributed by atoms with van der Waals surface area (Å²) in [5.74, 6) is 5.01. The summed E-state index contributed by atoms with van der Waals surface area (Å²) < 4.78 is 0. The maximum absolute atomic E-state index is 11.4. The van der Waals surface area contributed by atoms with Crippen molar-refractivity contribution < 1.29 is 9.59 Å². The Kier molecular flexibility index (Phi) is 5.11. The van der Waals surface area contributed by atoms with Gasteiger partial charge >= 0.3 is 0 Å². The van der Waals surface area contributed by atoms with Crippen LogP contribution in [0.5, 0.6) is 0 Å². The number of carbonyl (C=O) groups excluding carboxylic acids is 2. The predicted octanol–water partition coefficient (Wildman–Crippen LogP) is 0.406. The smallest absolute Gasteiger partial charge is 0.275 e. The minimum Gasteiger partial charge on any atom is -0.342 e. The third-order valence-corrected chi connectivity index (χ3v) is 4.50. The summed E-state index contributed by atoms with van der Waals surface area (Å²) >= 11 is 1.46. The molecule has 2 rings (SSSR count). The second-order valence-corrected chi connectivity index (χ2v) is 6.04. The number of rotatable bonds is 3. The second-order valence-electron chi connectivity index (χ2n) is 4.88. The molecule has 0 atom stereocenters. The molecule has 3 N–H and O–H groups in total. The number of nitrogens with zero attached hydrogens (tertiary/aromatic N) is 2. The molecule has 0 saturated carbocycles. The highest BCUT2D eigenvalue weighted by atomic mass is 32.1. The molecule has 0 spiro atoms. The van der Waals surface area contributed by atoms with E-state index in [1.54, 1.807) is 13.0 Å². The van der Waals surface area contributed by atoms with Crippen LogP contribution in [0.25, 0.3) is 0 Å². The molecule has 20 heavy (non-hydrogen) atoms. The van der Waals surface area contributed by atoms with Crippen molar-refractivity contribution in [2.75, 3.05) is 26.2 Å². The number of thiophene rings is 1. The molecule has 1 aromatic heterocycles. The SMILES string of the molecule is CC(=O)N1CCCN(Cc2ccc(C(=O)NN)s2)CC1. The minimum absolute atomic E-state index is 0.143. The van der Waals surface area contributed by atoms with Gasteiger partial charge in [0.2, 0.25) is 5.91 Å². The van der Waals surface area contributed by atoms with E-state index >= 15 is 0 Å². The fourth-order valence-electron chi connectivity index (χ4n) is 2.32. The molecule has 2 heterocycles. The van der Waals surface area contributed by atoms with Crippen molar-refractivity contribution in [3.8, 4) is 0 Å². The molecular formula is C13H20N4O2S. The van der Waals surface area contributed by atoms with Crippen LogP contribution in [0.15, 0.2) is 12.1 Å². The Labute approximate surface area is 122 Å². The van der Waals surface area contributed by atoms with E-state index in [0.717, 1.165) is 44.0 Å². The van der Waals surface area contributed by atoms with Crippen molar-refractivity contribution in [1.29, 1.82) is 0 Å². The lowest BCUT2D eigenvalue weighted by Crippen LogP contribution is -2.33. The van der Waals surface area contributed by atoms with Crippen LogP contribution in [0, 0.1) is 0 Å². The Bertz CT molecular complexity index is 488. The van der Waals surface area contributed by atoms with Crippen molar-refractivity contribution in [2.45, 2.75) is 19.9 Å². The molecule has 0 aliphatic carbocycles. The maximum atomic E-state index is 11.4. The van der Waals surface area contributed by atoms with Crippen LogP contribution in [0.2, 0.25) is 0 Å². The molecule has 0 radical (unpaired) electrons. The number of nitrogens with two attached hydrogens (primary N) is 1. The first kappa shape index (κ1) is 15.0. The molecule has 0 bridgehead atoms. The van der Waals surface area contributed by atoms with Gasteiger partial charge < -0.3 is 4.90 Å². The van der Waals surface area contributed by atoms with E-state index in [9.17, 15) is 9.59 Å². The summed E-state index contributed by atoms with van der Waals surface area (Å²) in [5, 5.41) is 0. The highest BCUT2D eigenvalue weighted by Crippen LogP contribution is 2.19. The minimum atomic E-state index is -0.250. The van der Waals surface area contributed by atoms with Gasteiger partial charge in [-0.3, -0.25) is 19.9 Å². The Morgan fingerprint density at radius 2 is 2.10 bits per heavy atom. The number of hydrogen-bond donors (Lipinski definition) is 2. The van der Waals surface area contributed by atoms with Crippen LogP contribution in [-0.4, -0.2) is 47.8 Å². The predicted molar refractivity (Wildman–Crippen MR) is 78.1 cm³/mol. The van der Waals surface area contributed by atoms with Crippen LogP contribution < -0.4 is 11.3 Å². The fourth-order valence-corrected chi connectivity index (χ4v) is 3.27. The molecule has 1 saturated heterocycles. The molecule has 0 unspecified atom stereocenters. The zero-order valence-corrected chi connectivity index (χ0v) is 12.4. The average molecular weight is 296 g/mol. The average Bonchev–Trinajstić information content (AvgIpc) is 2.76. The van der Waals surface area contributed by atoms with E-state index in [4.69, 9.17) is 5.84 Å². The van der Waals surface area contributed by atoms with Crippen LogP contribution in [0.3, 0.4) is 0 Å². The largest absolute Gasteiger partial charge is 0.342 e. The third-order valence-electron chi connectivity index (χ3n) is 3.43. The molecule has 1 aliphatic heterocycles. The van der Waals surface area contributed by atoms with E-state index in [0.29, 0.717) is 4.88 Å². The van der Waals surface area contributed by atoms with Crippen molar-refractivity contribution in [1.82, 2.24) is 15.2 Å². The molecule has 6 nitrogen and oxygen atoms in total. The summed E-state index contributed by atoms with van der Waals surface area (Å²) in [6, 6.07) is 3.75. The quantitative estimate of drug-likeness (QED) is 0.481. The number of hydrogen-bond acceptors (Lipinski definition) is 5. The maximum Gasteiger partial charge on any atom is 0.275 e. The van der Waals surface area contributed by atoms with E-state index in [-0.39, 0.29) is 11.8 Å². The van der Waals surface area contributed by atoms with E-state index in [1.165, 1.54) is 11.3 Å². The van der Waals surface area contributed by atoms with Crippen LogP contribution >= 0.6 is 11.3 Å². The van der Waals surface area contributed by atoms with Gasteiger partial charge in [-0.1, -0.05) is 0 Å². The molecule has 1 aromatic rings. The fraction of sp³-hybridized carbons (Fsp3) is 0.538. The lowest BCUT2D eigenvalue weighted by Gasteiger charge is -2.20. The molecule has 7 heteroatoms. The number of nitrogen functional groups attached to an aromatic ring is 1. The Morgan fingerprint density at radius 1 is 1.30 bits per heavy atom. The van der Waals surface area contributed by atoms with Gasteiger partial charge in [-0.15, -0.1) is 11.3 Å². The van der Waals surface area contributed by atoms with Crippen molar-refractivity contribution in [2.24, 2.45) is 5.84 Å². The Hall–Kier alpha value is -1.44. The standard InChI is InChI=1S/C13H20N4O2S/c1-10(18)17-6-2-5-16(7-8-17)9-11-3-4-12(20-11)13(19)15-14/h3-4H,2,5-9,14H2,1H3,(H,15,19). The van der Waals surface area contributed by atoms with Crippen molar-refractivity contribution in [3.05, 3.63) is 21.9 Å². The first-order chi connectivity index (χ1) is 9.60. The number of carbonyl (C=O) groups is 2. The molecule has 110 valence electrons. The summed E-state index contributed by atoms with van der Waals surface area (Å²) in [6.45, 7) is 5.88. The zero-order chi connectivity index (χ0) is 14.5. The lowest BCUT2D eigenvalue weighted by atomic mass is 10.3. The third kappa shape index (κ3) is 3.78. The molecule has 1 fully saturated rings. The highest BCUT2D eigenvalue weighted by molar-refractivity contribution is 7.14. The van der Waals surface area contributed by atoms with Crippen LogP contribution in [0.4, 0.5) is 0 Å². The number of amides is 2. The topological polar surface area (TPSA) is 78.7 Å². The monoisotopic (exact) mass is 296 g/mol. The normalized spacial score (nSPS) is 16.8. The van der Waals surface area contributed by atoms with Crippen LogP contribution in [-0.2, 0) is 11.3 Å². The highest BCUT2D eigenvalue weighted by Gasteiger charge is 2.17. The molecule has 1 aliphatic rings. The Morgan fingerprint density at radius 3 is 2.80 bits per heavy atom. The van der Waals surface area contributed by atoms with Gasteiger partial charge in [0.15, 0.2) is 0 Å². The summed E-state index contributed by atoms with van der Waals surface area (Å²) in [6.07, 6.45) is 0.987. The van der Waals surface area contributed by atoms with Crippen molar-refractivity contribution >= 4 is 23.2 Å². The van der Waals surface area contributed by atoms with Gasteiger partial charge in [-0.05, 0) is 18.6 Å². The molecular weight excluding hydrogens is 276 g/mol. The van der Waals surface area contributed by atoms with Gasteiger partial charge in [0, 0.05) is 44.5 Å². The zero-order valence-electron chi connectivity index (χ0n) is 11.6. The summed E-state index contributed by atoms with van der Waals surface area (Å²) in [4.78, 5) is 28.8. The Balaban J connectivity index is 1.91. The van der Waals surface area contributed by atoms with Gasteiger partial charge in [-0.2, -0.15) is 0 Å². The summed E-state index contributed by atoms with van der Waals surface area (Å²) in [5.41, 5.74) is 2.14. The number of nitrogens with one attached hydrogen (secondary N) is 1. The van der Waals surface area contributed by atoms with Gasteiger partial charge in [-0.25, -0.2) is 5.84 Å². The first-order valence-electron chi connectivity index (χ1n) is 6.67. The number of hydrazine groups is 1.